The molecule has 0 spiro atoms. The van der Waals surface area contributed by atoms with Crippen LogP contribution in [0.5, 0.6) is 0 Å². The third kappa shape index (κ3) is 2.71. The second-order valence-corrected chi connectivity index (χ2v) is 6.22. The van der Waals surface area contributed by atoms with Gasteiger partial charge in [0.2, 0.25) is 0 Å². The number of nitrogens with zero attached hydrogens (tertiary/aromatic N) is 1. The number of nitrogens with one attached hydrogen (secondary N) is 2. The molecule has 0 unspecified atom stereocenters. The lowest BCUT2D eigenvalue weighted by Crippen LogP contribution is -2.34. The number of rotatable bonds is 4. The van der Waals surface area contributed by atoms with Gasteiger partial charge in [0.25, 0.3) is 5.91 Å². The van der Waals surface area contributed by atoms with E-state index < -0.39 is 0 Å². The first-order valence-electron chi connectivity index (χ1n) is 6.55. The Kier molecular flexibility index (Phi) is 3.14. The predicted octanol–water partition coefficient (Wildman–Crippen LogP) is 2.97. The minimum atomic E-state index is -0.0300. The highest BCUT2D eigenvalue weighted by atomic mass is 32.1. The number of hydrogen-bond acceptors (Lipinski definition) is 3. The number of H-pyrrole nitrogens is 1. The van der Waals surface area contributed by atoms with Crippen LogP contribution >= 0.6 is 11.3 Å². The number of aromatic amines is 1. The lowest BCUT2D eigenvalue weighted by molar-refractivity contribution is 0.0931. The zero-order chi connectivity index (χ0) is 13.4. The van der Waals surface area contributed by atoms with Gasteiger partial charge < -0.3 is 10.3 Å². The molecule has 1 aliphatic carbocycles. The molecular weight excluding hydrogens is 258 g/mol. The predicted molar refractivity (Wildman–Crippen MR) is 76.3 cm³/mol. The van der Waals surface area contributed by atoms with Crippen molar-refractivity contribution < 1.29 is 4.79 Å². The summed E-state index contributed by atoms with van der Waals surface area (Å²) < 4.78 is 0. The smallest absolute Gasteiger partial charge is 0.267 e. The van der Waals surface area contributed by atoms with E-state index in [1.807, 2.05) is 24.6 Å². The Labute approximate surface area is 116 Å². The van der Waals surface area contributed by atoms with Gasteiger partial charge in [-0.15, -0.1) is 11.3 Å². The van der Waals surface area contributed by atoms with E-state index in [4.69, 9.17) is 0 Å². The maximum Gasteiger partial charge on any atom is 0.267 e. The summed E-state index contributed by atoms with van der Waals surface area (Å²) in [4.78, 5) is 19.5. The molecule has 2 aromatic heterocycles. The molecular formula is C14H17N3OS. The maximum absolute atomic E-state index is 12.1. The van der Waals surface area contributed by atoms with Crippen LogP contribution in [0.15, 0.2) is 17.6 Å². The van der Waals surface area contributed by atoms with Crippen LogP contribution in [0.1, 0.15) is 35.3 Å². The molecule has 1 aliphatic rings. The summed E-state index contributed by atoms with van der Waals surface area (Å²) >= 11 is 1.61. The Bertz CT molecular complexity index is 597. The summed E-state index contributed by atoms with van der Waals surface area (Å²) in [7, 11) is 0. The number of amides is 1. The van der Waals surface area contributed by atoms with Crippen molar-refractivity contribution in [2.45, 2.75) is 32.7 Å². The van der Waals surface area contributed by atoms with E-state index in [0.29, 0.717) is 11.6 Å². The van der Waals surface area contributed by atoms with Crippen molar-refractivity contribution >= 4 is 17.2 Å². The van der Waals surface area contributed by atoms with Crippen LogP contribution in [0.2, 0.25) is 0 Å². The number of thiazole rings is 1. The molecule has 1 amide bonds. The first-order valence-corrected chi connectivity index (χ1v) is 7.43. The standard InChI is InChI=1S/C14H17N3OS/c1-8(10-3-4-10)16-14(18)12-5-11(6-15-12)13-7-19-9(2)17-13/h5-8,10,15H,3-4H2,1-2H3,(H,16,18)/t8-/m0/s1. The van der Waals surface area contributed by atoms with Crippen LogP contribution in [-0.4, -0.2) is 21.9 Å². The molecule has 1 fully saturated rings. The normalized spacial score (nSPS) is 16.3. The summed E-state index contributed by atoms with van der Waals surface area (Å²) in [6.07, 6.45) is 4.30. The topological polar surface area (TPSA) is 57.8 Å². The zero-order valence-corrected chi connectivity index (χ0v) is 11.9. The molecule has 1 atom stereocenters. The van der Waals surface area contributed by atoms with Gasteiger partial charge in [-0.25, -0.2) is 4.98 Å². The third-order valence-corrected chi connectivity index (χ3v) is 4.30. The molecule has 0 bridgehead atoms. The lowest BCUT2D eigenvalue weighted by atomic mass is 10.2. The van der Waals surface area contributed by atoms with Crippen molar-refractivity contribution in [3.63, 3.8) is 0 Å². The molecule has 19 heavy (non-hydrogen) atoms. The average Bonchev–Trinajstić information content (AvgIpc) is 2.95. The molecule has 0 saturated heterocycles. The number of aryl methyl sites for hydroxylation is 1. The van der Waals surface area contributed by atoms with Crippen LogP contribution in [0.25, 0.3) is 11.3 Å². The molecule has 0 aromatic carbocycles. The maximum atomic E-state index is 12.1. The Hall–Kier alpha value is -1.62. The van der Waals surface area contributed by atoms with Gasteiger partial charge in [0.15, 0.2) is 0 Å². The molecule has 4 nitrogen and oxygen atoms in total. The molecule has 5 heteroatoms. The van der Waals surface area contributed by atoms with E-state index in [2.05, 4.69) is 22.2 Å². The van der Waals surface area contributed by atoms with E-state index in [9.17, 15) is 4.79 Å². The molecule has 2 heterocycles. The molecule has 1 saturated carbocycles. The summed E-state index contributed by atoms with van der Waals surface area (Å²) in [6, 6.07) is 2.13. The van der Waals surface area contributed by atoms with Gasteiger partial charge in [-0.3, -0.25) is 4.79 Å². The summed E-state index contributed by atoms with van der Waals surface area (Å²) in [5.74, 6) is 0.636. The first-order chi connectivity index (χ1) is 9.13. The fraction of sp³-hybridized carbons (Fsp3) is 0.429. The van der Waals surface area contributed by atoms with Gasteiger partial charge >= 0.3 is 0 Å². The van der Waals surface area contributed by atoms with Gasteiger partial charge in [0.05, 0.1) is 10.7 Å². The van der Waals surface area contributed by atoms with Gasteiger partial charge in [0.1, 0.15) is 5.69 Å². The van der Waals surface area contributed by atoms with Crippen molar-refractivity contribution in [2.75, 3.05) is 0 Å². The van der Waals surface area contributed by atoms with Crippen LogP contribution in [0.3, 0.4) is 0 Å². The fourth-order valence-electron chi connectivity index (χ4n) is 2.17. The minimum absolute atomic E-state index is 0.0300. The molecule has 2 aromatic rings. The van der Waals surface area contributed by atoms with E-state index in [0.717, 1.165) is 16.3 Å². The molecule has 0 radical (unpaired) electrons. The van der Waals surface area contributed by atoms with Crippen molar-refractivity contribution in [1.29, 1.82) is 0 Å². The average molecular weight is 275 g/mol. The number of aromatic nitrogens is 2. The highest BCUT2D eigenvalue weighted by Crippen LogP contribution is 2.32. The minimum Gasteiger partial charge on any atom is -0.357 e. The summed E-state index contributed by atoms with van der Waals surface area (Å²) in [5, 5.41) is 6.08. The van der Waals surface area contributed by atoms with Crippen molar-refractivity contribution in [3.8, 4) is 11.3 Å². The fourth-order valence-corrected chi connectivity index (χ4v) is 2.79. The van der Waals surface area contributed by atoms with Crippen LogP contribution in [-0.2, 0) is 0 Å². The highest BCUT2D eigenvalue weighted by molar-refractivity contribution is 7.09. The summed E-state index contributed by atoms with van der Waals surface area (Å²) in [6.45, 7) is 4.05. The lowest BCUT2D eigenvalue weighted by Gasteiger charge is -2.11. The van der Waals surface area contributed by atoms with Gasteiger partial charge in [0, 0.05) is 23.2 Å². The number of carbonyl (C=O) groups is 1. The van der Waals surface area contributed by atoms with Crippen molar-refractivity contribution in [1.82, 2.24) is 15.3 Å². The quantitative estimate of drug-likeness (QED) is 0.901. The Balaban J connectivity index is 1.71. The Morgan fingerprint density at radius 1 is 1.58 bits per heavy atom. The largest absolute Gasteiger partial charge is 0.357 e. The van der Waals surface area contributed by atoms with E-state index in [1.54, 1.807) is 11.3 Å². The zero-order valence-electron chi connectivity index (χ0n) is 11.1. The first kappa shape index (κ1) is 12.4. The molecule has 2 N–H and O–H groups in total. The summed E-state index contributed by atoms with van der Waals surface area (Å²) in [5.41, 5.74) is 2.50. The van der Waals surface area contributed by atoms with Gasteiger partial charge in [-0.1, -0.05) is 0 Å². The second kappa shape index (κ2) is 4.81. The van der Waals surface area contributed by atoms with Crippen LogP contribution in [0.4, 0.5) is 0 Å². The van der Waals surface area contributed by atoms with Gasteiger partial charge in [-0.05, 0) is 38.7 Å². The SMILES string of the molecule is Cc1nc(-c2c[nH]c(C(=O)N[C@@H](C)C3CC3)c2)cs1. The third-order valence-electron chi connectivity index (χ3n) is 3.53. The Morgan fingerprint density at radius 3 is 3.00 bits per heavy atom. The molecule has 3 rings (SSSR count). The molecule has 100 valence electrons. The second-order valence-electron chi connectivity index (χ2n) is 5.15. The monoisotopic (exact) mass is 275 g/mol. The van der Waals surface area contributed by atoms with Crippen molar-refractivity contribution in [2.24, 2.45) is 5.92 Å². The number of carbonyl (C=O) groups excluding carboxylic acids is 1. The Morgan fingerprint density at radius 2 is 2.37 bits per heavy atom. The van der Waals surface area contributed by atoms with Crippen LogP contribution < -0.4 is 5.32 Å². The van der Waals surface area contributed by atoms with Gasteiger partial charge in [-0.2, -0.15) is 0 Å². The molecule has 0 aliphatic heterocycles. The highest BCUT2D eigenvalue weighted by Gasteiger charge is 2.29. The van der Waals surface area contributed by atoms with E-state index >= 15 is 0 Å². The van der Waals surface area contributed by atoms with Crippen molar-refractivity contribution in [3.05, 3.63) is 28.3 Å². The van der Waals surface area contributed by atoms with E-state index in [-0.39, 0.29) is 11.9 Å². The van der Waals surface area contributed by atoms with Crippen LogP contribution in [0, 0.1) is 12.8 Å². The van der Waals surface area contributed by atoms with E-state index in [1.165, 1.54) is 12.8 Å². The number of hydrogen-bond donors (Lipinski definition) is 2.